The van der Waals surface area contributed by atoms with Crippen molar-refractivity contribution < 1.29 is 9.84 Å². The van der Waals surface area contributed by atoms with Crippen molar-refractivity contribution in [2.24, 2.45) is 0 Å². The van der Waals surface area contributed by atoms with E-state index in [1.807, 2.05) is 12.1 Å². The molecule has 1 aliphatic heterocycles. The minimum Gasteiger partial charge on any atom is -0.397 e. The lowest BCUT2D eigenvalue weighted by molar-refractivity contribution is -0.0103. The third-order valence-corrected chi connectivity index (χ3v) is 3.11. The van der Waals surface area contributed by atoms with Gasteiger partial charge in [0.15, 0.2) is 0 Å². The number of ether oxygens (including phenoxy) is 1. The topological polar surface area (TPSA) is 84.7 Å². The highest BCUT2D eigenvalue weighted by molar-refractivity contribution is 5.70. The number of hydrogen-bond acceptors (Lipinski definition) is 5. The molecule has 0 aromatic heterocycles. The molecule has 1 aromatic rings. The Hall–Kier alpha value is -1.46. The van der Waals surface area contributed by atoms with Gasteiger partial charge < -0.3 is 26.2 Å². The monoisotopic (exact) mass is 237 g/mol. The number of hydrogen-bond donors (Lipinski definition) is 3. The number of nitrogen functional groups attached to an aromatic ring is 2. The molecule has 17 heavy (non-hydrogen) atoms. The Bertz CT molecular complexity index is 397. The minimum atomic E-state index is -0.134. The van der Waals surface area contributed by atoms with Crippen molar-refractivity contribution >= 4 is 17.1 Å². The van der Waals surface area contributed by atoms with Gasteiger partial charge in [0, 0.05) is 18.3 Å². The van der Waals surface area contributed by atoms with Gasteiger partial charge in [-0.3, -0.25) is 0 Å². The summed E-state index contributed by atoms with van der Waals surface area (Å²) in [7, 11) is 0. The Morgan fingerprint density at radius 1 is 1.41 bits per heavy atom. The van der Waals surface area contributed by atoms with Gasteiger partial charge in [-0.2, -0.15) is 0 Å². The van der Waals surface area contributed by atoms with E-state index >= 15 is 0 Å². The van der Waals surface area contributed by atoms with Gasteiger partial charge in [-0.15, -0.1) is 0 Å². The lowest BCUT2D eigenvalue weighted by atomic mass is 10.1. The number of morpholine rings is 1. The average molecular weight is 237 g/mol. The van der Waals surface area contributed by atoms with Crippen molar-refractivity contribution in [1.29, 1.82) is 0 Å². The van der Waals surface area contributed by atoms with Crippen LogP contribution in [0.4, 0.5) is 17.1 Å². The Kier molecular flexibility index (Phi) is 3.40. The van der Waals surface area contributed by atoms with E-state index in [0.717, 1.165) is 5.69 Å². The molecule has 2 unspecified atom stereocenters. The van der Waals surface area contributed by atoms with Crippen molar-refractivity contribution in [2.45, 2.75) is 19.1 Å². The maximum absolute atomic E-state index is 9.14. The molecule has 1 fully saturated rings. The molecule has 5 N–H and O–H groups in total. The molecule has 0 spiro atoms. The van der Waals surface area contributed by atoms with Crippen LogP contribution in [0.5, 0.6) is 0 Å². The number of aliphatic hydroxyl groups excluding tert-OH is 1. The molecule has 5 nitrogen and oxygen atoms in total. The van der Waals surface area contributed by atoms with Gasteiger partial charge in [0.05, 0.1) is 30.7 Å². The minimum absolute atomic E-state index is 0.0354. The molecule has 1 aromatic carbocycles. The summed E-state index contributed by atoms with van der Waals surface area (Å²) < 4.78 is 5.50. The SMILES string of the molecule is CC1COC(CO)CN1c1ccc(N)c(N)c1. The van der Waals surface area contributed by atoms with Crippen molar-refractivity contribution in [3.63, 3.8) is 0 Å². The number of benzene rings is 1. The van der Waals surface area contributed by atoms with Crippen molar-refractivity contribution in [3.05, 3.63) is 18.2 Å². The second kappa shape index (κ2) is 4.81. The largest absolute Gasteiger partial charge is 0.397 e. The van der Waals surface area contributed by atoms with E-state index in [2.05, 4.69) is 11.8 Å². The highest BCUT2D eigenvalue weighted by Crippen LogP contribution is 2.26. The average Bonchev–Trinajstić information content (AvgIpc) is 2.33. The molecule has 0 amide bonds. The fraction of sp³-hybridized carbons (Fsp3) is 0.500. The van der Waals surface area contributed by atoms with Crippen molar-refractivity contribution in [2.75, 3.05) is 36.1 Å². The first-order valence-corrected chi connectivity index (χ1v) is 5.76. The molecule has 0 aliphatic carbocycles. The van der Waals surface area contributed by atoms with Crippen LogP contribution in [0.2, 0.25) is 0 Å². The molecule has 0 radical (unpaired) electrons. The first-order valence-electron chi connectivity index (χ1n) is 5.76. The number of rotatable bonds is 2. The lowest BCUT2D eigenvalue weighted by Gasteiger charge is -2.39. The number of nitrogens with zero attached hydrogens (tertiary/aromatic N) is 1. The summed E-state index contributed by atoms with van der Waals surface area (Å²) in [6.45, 7) is 3.39. The summed E-state index contributed by atoms with van der Waals surface area (Å²) in [6, 6.07) is 5.88. The molecule has 1 heterocycles. The van der Waals surface area contributed by atoms with Crippen LogP contribution in [-0.2, 0) is 4.74 Å². The Morgan fingerprint density at radius 3 is 2.82 bits per heavy atom. The number of aliphatic hydroxyl groups is 1. The Morgan fingerprint density at radius 2 is 2.18 bits per heavy atom. The van der Waals surface area contributed by atoms with Crippen LogP contribution in [0, 0.1) is 0 Å². The molecular weight excluding hydrogens is 218 g/mol. The van der Waals surface area contributed by atoms with Crippen LogP contribution >= 0.6 is 0 Å². The van der Waals surface area contributed by atoms with Crippen LogP contribution in [0.3, 0.4) is 0 Å². The zero-order valence-electron chi connectivity index (χ0n) is 9.97. The standard InChI is InChI=1S/C12H19N3O2/c1-8-7-17-10(6-16)5-15(8)9-2-3-11(13)12(14)4-9/h2-4,8,10,16H,5-7,13-14H2,1H3. The molecule has 0 saturated carbocycles. The highest BCUT2D eigenvalue weighted by Gasteiger charge is 2.25. The van der Waals surface area contributed by atoms with E-state index in [9.17, 15) is 0 Å². The highest BCUT2D eigenvalue weighted by atomic mass is 16.5. The molecule has 1 saturated heterocycles. The summed E-state index contributed by atoms with van der Waals surface area (Å²) >= 11 is 0. The second-order valence-electron chi connectivity index (χ2n) is 4.45. The molecule has 1 aliphatic rings. The predicted molar refractivity (Wildman–Crippen MR) is 68.9 cm³/mol. The third kappa shape index (κ3) is 2.45. The zero-order chi connectivity index (χ0) is 12.4. The Balaban J connectivity index is 2.21. The number of anilines is 3. The first-order chi connectivity index (χ1) is 8.11. The Labute approximate surface area is 101 Å². The summed E-state index contributed by atoms with van der Waals surface area (Å²) in [4.78, 5) is 2.18. The molecule has 94 valence electrons. The van der Waals surface area contributed by atoms with Gasteiger partial charge in [-0.1, -0.05) is 0 Å². The van der Waals surface area contributed by atoms with Crippen LogP contribution in [0.25, 0.3) is 0 Å². The van der Waals surface area contributed by atoms with Crippen LogP contribution in [0.1, 0.15) is 6.92 Å². The maximum Gasteiger partial charge on any atom is 0.0981 e. The van der Waals surface area contributed by atoms with Gasteiger partial charge in [0.2, 0.25) is 0 Å². The normalized spacial score (nSPS) is 24.9. The zero-order valence-corrected chi connectivity index (χ0v) is 9.97. The van der Waals surface area contributed by atoms with Gasteiger partial charge in [-0.05, 0) is 25.1 Å². The molecular formula is C12H19N3O2. The van der Waals surface area contributed by atoms with Gasteiger partial charge in [-0.25, -0.2) is 0 Å². The van der Waals surface area contributed by atoms with Crippen LogP contribution < -0.4 is 16.4 Å². The van der Waals surface area contributed by atoms with Crippen LogP contribution in [0.15, 0.2) is 18.2 Å². The van der Waals surface area contributed by atoms with E-state index in [1.165, 1.54) is 0 Å². The van der Waals surface area contributed by atoms with Gasteiger partial charge in [0.25, 0.3) is 0 Å². The van der Waals surface area contributed by atoms with E-state index in [-0.39, 0.29) is 18.8 Å². The van der Waals surface area contributed by atoms with Crippen molar-refractivity contribution in [3.8, 4) is 0 Å². The van der Waals surface area contributed by atoms with E-state index < -0.39 is 0 Å². The fourth-order valence-electron chi connectivity index (χ4n) is 2.03. The summed E-state index contributed by atoms with van der Waals surface area (Å²) in [6.07, 6.45) is -0.134. The van der Waals surface area contributed by atoms with E-state index in [4.69, 9.17) is 21.3 Å². The number of nitrogens with two attached hydrogens (primary N) is 2. The van der Waals surface area contributed by atoms with E-state index in [1.54, 1.807) is 6.07 Å². The quantitative estimate of drug-likeness (QED) is 0.650. The lowest BCUT2D eigenvalue weighted by Crippen LogP contribution is -2.49. The van der Waals surface area contributed by atoms with Crippen molar-refractivity contribution in [1.82, 2.24) is 0 Å². The predicted octanol–water partition coefficient (Wildman–Crippen LogP) is 0.437. The molecule has 5 heteroatoms. The third-order valence-electron chi connectivity index (χ3n) is 3.11. The summed E-state index contributed by atoms with van der Waals surface area (Å²) in [5, 5.41) is 9.14. The van der Waals surface area contributed by atoms with Gasteiger partial charge >= 0.3 is 0 Å². The summed E-state index contributed by atoms with van der Waals surface area (Å²) in [5.41, 5.74) is 13.7. The first kappa shape index (κ1) is 12.0. The molecule has 2 rings (SSSR count). The smallest absolute Gasteiger partial charge is 0.0981 e. The molecule has 2 atom stereocenters. The van der Waals surface area contributed by atoms with E-state index in [0.29, 0.717) is 24.5 Å². The molecule has 0 bridgehead atoms. The fourth-order valence-corrected chi connectivity index (χ4v) is 2.03. The van der Waals surface area contributed by atoms with Gasteiger partial charge in [0.1, 0.15) is 0 Å². The second-order valence-corrected chi connectivity index (χ2v) is 4.45. The maximum atomic E-state index is 9.14. The summed E-state index contributed by atoms with van der Waals surface area (Å²) in [5.74, 6) is 0. The van der Waals surface area contributed by atoms with Crippen LogP contribution in [-0.4, -0.2) is 37.0 Å².